The number of halogens is 1. The van der Waals surface area contributed by atoms with Crippen LogP contribution in [0.3, 0.4) is 0 Å². The highest BCUT2D eigenvalue weighted by Gasteiger charge is 2.19. The molecule has 0 aliphatic rings. The van der Waals surface area contributed by atoms with Crippen LogP contribution in [0.1, 0.15) is 15.9 Å². The summed E-state index contributed by atoms with van der Waals surface area (Å²) in [4.78, 5) is 36.1. The zero-order chi connectivity index (χ0) is 20.0. The topological polar surface area (TPSA) is 102 Å². The van der Waals surface area contributed by atoms with Gasteiger partial charge in [-0.25, -0.2) is 4.79 Å². The van der Waals surface area contributed by atoms with Crippen molar-refractivity contribution in [2.75, 3.05) is 26.0 Å². The molecule has 2 aromatic carbocycles. The van der Waals surface area contributed by atoms with E-state index in [1.165, 1.54) is 24.1 Å². The molecular formula is C18H18ClN3O5. The summed E-state index contributed by atoms with van der Waals surface area (Å²) in [6, 6.07) is 11.0. The van der Waals surface area contributed by atoms with Gasteiger partial charge in [-0.15, -0.1) is 0 Å². The smallest absolute Gasteiger partial charge is 0.338 e. The summed E-state index contributed by atoms with van der Waals surface area (Å²) in [5.74, 6) is -1.23. The molecule has 0 radical (unpaired) electrons. The summed E-state index contributed by atoms with van der Waals surface area (Å²) in [6.45, 7) is -0.170. The standard InChI is InChI=1S/C18H18ClN3O5/c1-20-15-7-6-13(9-16(15)22(25)26)18(24)27-11-17(23)21(2)10-12-4-3-5-14(19)8-12/h3-9,20H,10-11H2,1-2H3. The van der Waals surface area contributed by atoms with Crippen LogP contribution in [0.5, 0.6) is 0 Å². The van der Waals surface area contributed by atoms with Crippen molar-refractivity contribution >= 4 is 34.9 Å². The molecule has 0 aliphatic heterocycles. The summed E-state index contributed by atoms with van der Waals surface area (Å²) in [5.41, 5.74) is 0.846. The van der Waals surface area contributed by atoms with Gasteiger partial charge in [-0.2, -0.15) is 0 Å². The Morgan fingerprint density at radius 1 is 1.26 bits per heavy atom. The van der Waals surface area contributed by atoms with Gasteiger partial charge in [0.2, 0.25) is 0 Å². The lowest BCUT2D eigenvalue weighted by Crippen LogP contribution is -2.30. The van der Waals surface area contributed by atoms with E-state index in [9.17, 15) is 19.7 Å². The van der Waals surface area contributed by atoms with Crippen LogP contribution >= 0.6 is 11.6 Å². The zero-order valence-corrected chi connectivity index (χ0v) is 15.5. The third kappa shape index (κ3) is 5.42. The molecule has 142 valence electrons. The van der Waals surface area contributed by atoms with Crippen molar-refractivity contribution in [1.82, 2.24) is 4.90 Å². The average molecular weight is 392 g/mol. The van der Waals surface area contributed by atoms with E-state index in [4.69, 9.17) is 16.3 Å². The fourth-order valence-electron chi connectivity index (χ4n) is 2.34. The molecule has 1 amide bonds. The molecule has 27 heavy (non-hydrogen) atoms. The monoisotopic (exact) mass is 391 g/mol. The van der Waals surface area contributed by atoms with E-state index in [-0.39, 0.29) is 16.9 Å². The largest absolute Gasteiger partial charge is 0.452 e. The Balaban J connectivity index is 1.97. The first-order chi connectivity index (χ1) is 12.8. The number of anilines is 1. The van der Waals surface area contributed by atoms with Gasteiger partial charge < -0.3 is 15.0 Å². The molecule has 0 saturated carbocycles. The van der Waals surface area contributed by atoms with Gasteiger partial charge in [0.15, 0.2) is 6.61 Å². The number of nitrogens with zero attached hydrogens (tertiary/aromatic N) is 2. The van der Waals surface area contributed by atoms with Crippen molar-refractivity contribution < 1.29 is 19.2 Å². The Kier molecular flexibility index (Phi) is 6.73. The van der Waals surface area contributed by atoms with Gasteiger partial charge in [-0.05, 0) is 29.8 Å². The predicted molar refractivity (Wildman–Crippen MR) is 101 cm³/mol. The van der Waals surface area contributed by atoms with E-state index >= 15 is 0 Å². The van der Waals surface area contributed by atoms with Crippen LogP contribution in [0.4, 0.5) is 11.4 Å². The lowest BCUT2D eigenvalue weighted by Gasteiger charge is -2.17. The molecule has 0 unspecified atom stereocenters. The lowest BCUT2D eigenvalue weighted by atomic mass is 10.1. The van der Waals surface area contributed by atoms with Crippen LogP contribution in [0.15, 0.2) is 42.5 Å². The third-order valence-electron chi connectivity index (χ3n) is 3.76. The minimum atomic E-state index is -0.815. The van der Waals surface area contributed by atoms with Crippen molar-refractivity contribution in [1.29, 1.82) is 0 Å². The second-order valence-electron chi connectivity index (χ2n) is 5.69. The van der Waals surface area contributed by atoms with Crippen LogP contribution in [-0.2, 0) is 16.1 Å². The van der Waals surface area contributed by atoms with Gasteiger partial charge in [-0.1, -0.05) is 23.7 Å². The molecule has 0 bridgehead atoms. The second kappa shape index (κ2) is 9.00. The van der Waals surface area contributed by atoms with Gasteiger partial charge in [0, 0.05) is 31.7 Å². The number of nitro benzene ring substituents is 1. The van der Waals surface area contributed by atoms with E-state index in [0.29, 0.717) is 11.6 Å². The molecule has 9 heteroatoms. The van der Waals surface area contributed by atoms with Crippen LogP contribution in [0.25, 0.3) is 0 Å². The average Bonchev–Trinajstić information content (AvgIpc) is 2.65. The second-order valence-corrected chi connectivity index (χ2v) is 6.13. The summed E-state index contributed by atoms with van der Waals surface area (Å²) < 4.78 is 4.98. The maximum absolute atomic E-state index is 12.1. The molecule has 1 N–H and O–H groups in total. The number of likely N-dealkylation sites (N-methyl/N-ethyl adjacent to an activating group) is 1. The highest BCUT2D eigenvalue weighted by molar-refractivity contribution is 6.30. The van der Waals surface area contributed by atoms with Crippen LogP contribution < -0.4 is 5.32 Å². The fourth-order valence-corrected chi connectivity index (χ4v) is 2.55. The Morgan fingerprint density at radius 3 is 2.63 bits per heavy atom. The SMILES string of the molecule is CNc1ccc(C(=O)OCC(=O)N(C)Cc2cccc(Cl)c2)cc1[N+](=O)[O-]. The molecule has 8 nitrogen and oxygen atoms in total. The molecular weight excluding hydrogens is 374 g/mol. The number of ether oxygens (including phenoxy) is 1. The van der Waals surface area contributed by atoms with Gasteiger partial charge in [-0.3, -0.25) is 14.9 Å². The molecule has 0 spiro atoms. The van der Waals surface area contributed by atoms with Crippen molar-refractivity contribution in [2.45, 2.75) is 6.54 Å². The first kappa shape index (κ1) is 20.2. The molecule has 0 heterocycles. The Morgan fingerprint density at radius 2 is 2.00 bits per heavy atom. The number of carbonyl (C=O) groups is 2. The summed E-state index contributed by atoms with van der Waals surface area (Å²) >= 11 is 5.91. The number of hydrogen-bond acceptors (Lipinski definition) is 6. The fraction of sp³-hybridized carbons (Fsp3) is 0.222. The molecule has 2 rings (SSSR count). The Hall–Kier alpha value is -3.13. The van der Waals surface area contributed by atoms with E-state index < -0.39 is 23.4 Å². The Bertz CT molecular complexity index is 872. The first-order valence-electron chi connectivity index (χ1n) is 7.93. The predicted octanol–water partition coefficient (Wildman–Crippen LogP) is 3.11. The van der Waals surface area contributed by atoms with Crippen LogP contribution in [0.2, 0.25) is 5.02 Å². The van der Waals surface area contributed by atoms with Gasteiger partial charge in [0.25, 0.3) is 11.6 Å². The van der Waals surface area contributed by atoms with E-state index in [0.717, 1.165) is 11.6 Å². The number of benzene rings is 2. The molecule has 0 aliphatic carbocycles. The molecule has 0 atom stereocenters. The van der Waals surface area contributed by atoms with Crippen LogP contribution in [0, 0.1) is 10.1 Å². The number of nitro groups is 1. The van der Waals surface area contributed by atoms with E-state index in [1.807, 2.05) is 6.07 Å². The minimum Gasteiger partial charge on any atom is -0.452 e. The summed E-state index contributed by atoms with van der Waals surface area (Å²) in [5, 5.41) is 14.3. The van der Waals surface area contributed by atoms with E-state index in [2.05, 4.69) is 5.32 Å². The number of hydrogen-bond donors (Lipinski definition) is 1. The highest BCUT2D eigenvalue weighted by Crippen LogP contribution is 2.25. The van der Waals surface area contributed by atoms with Gasteiger partial charge >= 0.3 is 5.97 Å². The van der Waals surface area contributed by atoms with Gasteiger partial charge in [0.1, 0.15) is 5.69 Å². The molecule has 0 fully saturated rings. The summed E-state index contributed by atoms with van der Waals surface area (Å²) in [6.07, 6.45) is 0. The number of rotatable bonds is 7. The first-order valence-corrected chi connectivity index (χ1v) is 8.31. The Labute approximate surface area is 160 Å². The quantitative estimate of drug-likeness (QED) is 0.442. The maximum Gasteiger partial charge on any atom is 0.338 e. The van der Waals surface area contributed by atoms with Crippen molar-refractivity contribution in [3.63, 3.8) is 0 Å². The molecule has 0 aromatic heterocycles. The molecule has 2 aromatic rings. The number of amides is 1. The van der Waals surface area contributed by atoms with Crippen molar-refractivity contribution in [3.8, 4) is 0 Å². The minimum absolute atomic E-state index is 0.00834. The third-order valence-corrected chi connectivity index (χ3v) is 4.00. The zero-order valence-electron chi connectivity index (χ0n) is 14.8. The van der Waals surface area contributed by atoms with Gasteiger partial charge in [0.05, 0.1) is 10.5 Å². The van der Waals surface area contributed by atoms with Crippen LogP contribution in [-0.4, -0.2) is 42.4 Å². The van der Waals surface area contributed by atoms with Crippen molar-refractivity contribution in [3.05, 3.63) is 68.7 Å². The summed E-state index contributed by atoms with van der Waals surface area (Å²) in [7, 11) is 3.11. The highest BCUT2D eigenvalue weighted by atomic mass is 35.5. The number of esters is 1. The lowest BCUT2D eigenvalue weighted by molar-refractivity contribution is -0.384. The molecule has 0 saturated heterocycles. The normalized spacial score (nSPS) is 10.2. The van der Waals surface area contributed by atoms with Crippen molar-refractivity contribution in [2.24, 2.45) is 0 Å². The maximum atomic E-state index is 12.1. The number of nitrogens with one attached hydrogen (secondary N) is 1. The van der Waals surface area contributed by atoms with E-state index in [1.54, 1.807) is 25.2 Å². The number of carbonyl (C=O) groups excluding carboxylic acids is 2.